The Morgan fingerprint density at radius 1 is 1.00 bits per heavy atom. The Balaban J connectivity index is 2.14. The van der Waals surface area contributed by atoms with Crippen LogP contribution in [0.15, 0.2) is 54.6 Å². The number of para-hydroxylation sites is 1. The molecule has 0 atom stereocenters. The molecule has 2 nitrogen and oxygen atoms in total. The van der Waals surface area contributed by atoms with Crippen molar-refractivity contribution >= 4 is 11.6 Å². The molecule has 3 rings (SSSR count). The van der Waals surface area contributed by atoms with E-state index in [-0.39, 0.29) is 17.0 Å². The van der Waals surface area contributed by atoms with Crippen molar-refractivity contribution in [2.45, 2.75) is 13.8 Å². The van der Waals surface area contributed by atoms with Crippen LogP contribution in [0.5, 0.6) is 0 Å². The molecule has 0 unspecified atom stereocenters. The monoisotopic (exact) mass is 334 g/mol. The maximum Gasteiger partial charge on any atom is 0.147 e. The molecule has 0 spiro atoms. The van der Waals surface area contributed by atoms with E-state index in [4.69, 9.17) is 0 Å². The third-order valence-electron chi connectivity index (χ3n) is 4.15. The van der Waals surface area contributed by atoms with E-state index in [9.17, 15) is 14.0 Å². The summed E-state index contributed by atoms with van der Waals surface area (Å²) in [6.07, 6.45) is 1.64. The molecule has 0 amide bonds. The molecule has 0 aliphatic heterocycles. The summed E-state index contributed by atoms with van der Waals surface area (Å²) in [4.78, 5) is 0. The van der Waals surface area contributed by atoms with Crippen LogP contribution in [0.1, 0.15) is 22.5 Å². The first kappa shape index (κ1) is 16.7. The molecule has 25 heavy (non-hydrogen) atoms. The number of rotatable bonds is 3. The quantitative estimate of drug-likeness (QED) is 0.587. The van der Waals surface area contributed by atoms with Gasteiger partial charge in [-0.15, -0.1) is 0 Å². The number of nitrogens with zero attached hydrogens (tertiary/aromatic N) is 2. The molecule has 3 aromatic rings. The average molecular weight is 334 g/mol. The molecule has 4 heteroatoms. The minimum Gasteiger partial charge on any atom is -0.315 e. The second-order valence-electron chi connectivity index (χ2n) is 5.76. The Hall–Kier alpha value is -3.19. The van der Waals surface area contributed by atoms with Gasteiger partial charge in [0.05, 0.1) is 17.3 Å². The molecule has 0 aliphatic rings. The first-order valence-corrected chi connectivity index (χ1v) is 7.83. The number of aryl methyl sites for hydroxylation is 1. The highest BCUT2D eigenvalue weighted by atomic mass is 19.1. The van der Waals surface area contributed by atoms with Gasteiger partial charge in [-0.1, -0.05) is 30.3 Å². The zero-order valence-corrected chi connectivity index (χ0v) is 13.9. The third kappa shape index (κ3) is 3.09. The van der Waals surface area contributed by atoms with Crippen LogP contribution in [-0.2, 0) is 0 Å². The summed E-state index contributed by atoms with van der Waals surface area (Å²) in [6, 6.07) is 16.6. The number of aromatic nitrogens is 1. The molecule has 2 aromatic carbocycles. The fourth-order valence-corrected chi connectivity index (χ4v) is 2.94. The summed E-state index contributed by atoms with van der Waals surface area (Å²) in [5.41, 5.74) is 3.29. The predicted octanol–water partition coefficient (Wildman–Crippen LogP) is 5.44. The fourth-order valence-electron chi connectivity index (χ4n) is 2.94. The van der Waals surface area contributed by atoms with E-state index >= 15 is 0 Å². The van der Waals surface area contributed by atoms with Gasteiger partial charge in [0.1, 0.15) is 11.6 Å². The SMILES string of the molecule is Cc1cc(/C=C(/C#N)c2ccccc2F)c(C)n1-c1ccccc1F. The Bertz CT molecular complexity index is 1010. The first-order chi connectivity index (χ1) is 12.0. The predicted molar refractivity (Wildman–Crippen MR) is 95.1 cm³/mol. The highest BCUT2D eigenvalue weighted by molar-refractivity contribution is 5.90. The van der Waals surface area contributed by atoms with Gasteiger partial charge in [0.15, 0.2) is 0 Å². The molecule has 0 saturated carbocycles. The molecule has 0 N–H and O–H groups in total. The van der Waals surface area contributed by atoms with Gasteiger partial charge in [0, 0.05) is 17.0 Å². The van der Waals surface area contributed by atoms with Crippen molar-refractivity contribution in [2.24, 2.45) is 0 Å². The number of hydrogen-bond donors (Lipinski definition) is 0. The lowest BCUT2D eigenvalue weighted by Crippen LogP contribution is -2.01. The minimum atomic E-state index is -0.446. The van der Waals surface area contributed by atoms with E-state index in [1.165, 1.54) is 12.1 Å². The summed E-state index contributed by atoms with van der Waals surface area (Å²) in [7, 11) is 0. The number of allylic oxidation sites excluding steroid dienone is 1. The minimum absolute atomic E-state index is 0.229. The first-order valence-electron chi connectivity index (χ1n) is 7.83. The van der Waals surface area contributed by atoms with Crippen LogP contribution in [0.3, 0.4) is 0 Å². The van der Waals surface area contributed by atoms with Crippen LogP contribution < -0.4 is 0 Å². The highest BCUT2D eigenvalue weighted by Crippen LogP contribution is 2.27. The molecule has 0 fully saturated rings. The standard InChI is InChI=1S/C21H16F2N2/c1-14-11-16(12-17(13-24)18-7-3-4-8-19(18)22)15(2)25(14)21-10-6-5-9-20(21)23/h3-12H,1-2H3/b17-12-. The van der Waals surface area contributed by atoms with E-state index in [1.54, 1.807) is 47.0 Å². The highest BCUT2D eigenvalue weighted by Gasteiger charge is 2.14. The van der Waals surface area contributed by atoms with Crippen LogP contribution in [0.25, 0.3) is 17.3 Å². The van der Waals surface area contributed by atoms with Gasteiger partial charge >= 0.3 is 0 Å². The average Bonchev–Trinajstić information content (AvgIpc) is 2.88. The smallest absolute Gasteiger partial charge is 0.147 e. The fraction of sp³-hybridized carbons (Fsp3) is 0.0952. The second-order valence-corrected chi connectivity index (χ2v) is 5.76. The van der Waals surface area contributed by atoms with E-state index in [0.717, 1.165) is 17.0 Å². The molecule has 0 radical (unpaired) electrons. The topological polar surface area (TPSA) is 28.7 Å². The van der Waals surface area contributed by atoms with E-state index in [1.807, 2.05) is 19.9 Å². The summed E-state index contributed by atoms with van der Waals surface area (Å²) in [5.74, 6) is -0.771. The van der Waals surface area contributed by atoms with Crippen molar-refractivity contribution in [3.8, 4) is 11.8 Å². The van der Waals surface area contributed by atoms with Crippen molar-refractivity contribution in [1.29, 1.82) is 5.26 Å². The summed E-state index contributed by atoms with van der Waals surface area (Å²) in [6.45, 7) is 3.72. The maximum atomic E-state index is 14.2. The lowest BCUT2D eigenvalue weighted by Gasteiger charge is -2.10. The third-order valence-corrected chi connectivity index (χ3v) is 4.15. The van der Waals surface area contributed by atoms with Crippen molar-refractivity contribution in [3.05, 3.63) is 88.7 Å². The van der Waals surface area contributed by atoms with Gasteiger partial charge in [-0.25, -0.2) is 8.78 Å². The van der Waals surface area contributed by atoms with Crippen LogP contribution in [0.4, 0.5) is 8.78 Å². The van der Waals surface area contributed by atoms with E-state index in [0.29, 0.717) is 5.69 Å². The summed E-state index contributed by atoms with van der Waals surface area (Å²) in [5, 5.41) is 9.44. The molecule has 1 aromatic heterocycles. The Labute approximate surface area is 145 Å². The van der Waals surface area contributed by atoms with Crippen molar-refractivity contribution in [3.63, 3.8) is 0 Å². The number of nitriles is 1. The van der Waals surface area contributed by atoms with Gasteiger partial charge in [-0.05, 0) is 49.8 Å². The Kier molecular flexibility index (Phi) is 4.49. The van der Waals surface area contributed by atoms with E-state index in [2.05, 4.69) is 6.07 Å². The van der Waals surface area contributed by atoms with Crippen LogP contribution in [-0.4, -0.2) is 4.57 Å². The van der Waals surface area contributed by atoms with Gasteiger partial charge in [-0.2, -0.15) is 5.26 Å². The molecule has 0 saturated heterocycles. The maximum absolute atomic E-state index is 14.2. The Morgan fingerprint density at radius 3 is 2.28 bits per heavy atom. The molecule has 0 aliphatic carbocycles. The van der Waals surface area contributed by atoms with E-state index < -0.39 is 5.82 Å². The number of halogens is 2. The van der Waals surface area contributed by atoms with Gasteiger partial charge < -0.3 is 4.57 Å². The van der Waals surface area contributed by atoms with Crippen LogP contribution >= 0.6 is 0 Å². The van der Waals surface area contributed by atoms with Crippen LogP contribution in [0, 0.1) is 36.8 Å². The largest absolute Gasteiger partial charge is 0.315 e. The number of benzene rings is 2. The molecule has 1 heterocycles. The van der Waals surface area contributed by atoms with Crippen molar-refractivity contribution < 1.29 is 8.78 Å². The lowest BCUT2D eigenvalue weighted by molar-refractivity contribution is 0.616. The lowest BCUT2D eigenvalue weighted by atomic mass is 10.0. The van der Waals surface area contributed by atoms with Crippen molar-refractivity contribution in [1.82, 2.24) is 4.57 Å². The normalized spacial score (nSPS) is 11.4. The summed E-state index contributed by atoms with van der Waals surface area (Å²) >= 11 is 0. The summed E-state index contributed by atoms with van der Waals surface area (Å²) < 4.78 is 29.9. The second kappa shape index (κ2) is 6.74. The van der Waals surface area contributed by atoms with Crippen LogP contribution in [0.2, 0.25) is 0 Å². The number of hydrogen-bond acceptors (Lipinski definition) is 1. The molecule has 0 bridgehead atoms. The zero-order chi connectivity index (χ0) is 18.0. The zero-order valence-electron chi connectivity index (χ0n) is 13.9. The molecular formula is C21H16F2N2. The van der Waals surface area contributed by atoms with Crippen molar-refractivity contribution in [2.75, 3.05) is 0 Å². The van der Waals surface area contributed by atoms with Gasteiger partial charge in [0.2, 0.25) is 0 Å². The molecule has 124 valence electrons. The van der Waals surface area contributed by atoms with Gasteiger partial charge in [-0.3, -0.25) is 0 Å². The molecular weight excluding hydrogens is 318 g/mol. The van der Waals surface area contributed by atoms with Gasteiger partial charge in [0.25, 0.3) is 0 Å². The Morgan fingerprint density at radius 2 is 1.64 bits per heavy atom.